The van der Waals surface area contributed by atoms with E-state index in [4.69, 9.17) is 5.73 Å². The van der Waals surface area contributed by atoms with E-state index >= 15 is 0 Å². The number of hydrogen-bond acceptors (Lipinski definition) is 2. The number of hydrogen-bond donors (Lipinski definition) is 2. The number of primary amides is 1. The number of nitrogens with one attached hydrogen (secondary N) is 1. The highest BCUT2D eigenvalue weighted by atomic mass is 16.1. The van der Waals surface area contributed by atoms with Crippen LogP contribution in [0.3, 0.4) is 0 Å². The Kier molecular flexibility index (Phi) is 4.58. The topological polar surface area (TPSA) is 75.9 Å². The van der Waals surface area contributed by atoms with E-state index < -0.39 is 5.91 Å². The zero-order valence-electron chi connectivity index (χ0n) is 12.4. The molecule has 0 saturated carbocycles. The molecule has 1 heterocycles. The Balaban J connectivity index is 2.49. The molecule has 0 aliphatic carbocycles. The van der Waals surface area contributed by atoms with Crippen molar-refractivity contribution >= 4 is 5.91 Å². The number of amides is 1. The van der Waals surface area contributed by atoms with Crippen molar-refractivity contribution in [2.75, 3.05) is 0 Å². The van der Waals surface area contributed by atoms with Crippen LogP contribution in [0, 0.1) is 6.92 Å². The lowest BCUT2D eigenvalue weighted by molar-refractivity contribution is 0.0999. The van der Waals surface area contributed by atoms with Crippen molar-refractivity contribution in [3.05, 3.63) is 68.6 Å². The van der Waals surface area contributed by atoms with E-state index in [1.54, 1.807) is 12.1 Å². The van der Waals surface area contributed by atoms with Crippen LogP contribution in [0.25, 0.3) is 0 Å². The summed E-state index contributed by atoms with van der Waals surface area (Å²) in [6, 6.07) is 9.17. The number of nitrogens with two attached hydrogens (primary N) is 1. The molecule has 2 aromatic rings. The summed E-state index contributed by atoms with van der Waals surface area (Å²) in [6.07, 6.45) is 2.23. The Bertz CT molecular complexity index is 717. The molecule has 0 saturated heterocycles. The Morgan fingerprint density at radius 3 is 2.62 bits per heavy atom. The van der Waals surface area contributed by atoms with E-state index in [-0.39, 0.29) is 5.56 Å². The van der Waals surface area contributed by atoms with Crippen LogP contribution >= 0.6 is 0 Å². The third kappa shape index (κ3) is 3.40. The number of carbonyl (C=O) groups excluding carboxylic acids is 1. The average Bonchev–Trinajstić information content (AvgIpc) is 2.43. The molecule has 1 aromatic carbocycles. The number of pyridine rings is 1. The molecule has 21 heavy (non-hydrogen) atoms. The Morgan fingerprint density at radius 2 is 1.95 bits per heavy atom. The molecule has 1 aromatic heterocycles. The fourth-order valence-corrected chi connectivity index (χ4v) is 2.58. The first-order valence-electron chi connectivity index (χ1n) is 7.12. The summed E-state index contributed by atoms with van der Waals surface area (Å²) in [5, 5.41) is 0. The van der Waals surface area contributed by atoms with Gasteiger partial charge in [0.2, 0.25) is 5.91 Å². The van der Waals surface area contributed by atoms with Gasteiger partial charge in [0.15, 0.2) is 0 Å². The maximum Gasteiger partial charge on any atom is 0.251 e. The van der Waals surface area contributed by atoms with Gasteiger partial charge in [-0.1, -0.05) is 31.5 Å². The highest BCUT2D eigenvalue weighted by Crippen LogP contribution is 2.16. The summed E-state index contributed by atoms with van der Waals surface area (Å²) in [6.45, 7) is 3.96. The number of aromatic amines is 1. The molecular weight excluding hydrogens is 264 g/mol. The minimum absolute atomic E-state index is 0.0854. The van der Waals surface area contributed by atoms with Gasteiger partial charge >= 0.3 is 0 Å². The van der Waals surface area contributed by atoms with Gasteiger partial charge in [-0.05, 0) is 36.6 Å². The Labute approximate surface area is 124 Å². The first kappa shape index (κ1) is 15.0. The van der Waals surface area contributed by atoms with Gasteiger partial charge < -0.3 is 10.7 Å². The highest BCUT2D eigenvalue weighted by Gasteiger charge is 2.13. The maximum atomic E-state index is 12.2. The van der Waals surface area contributed by atoms with E-state index in [9.17, 15) is 9.59 Å². The second-order valence-electron chi connectivity index (χ2n) is 5.23. The van der Waals surface area contributed by atoms with Crippen molar-refractivity contribution in [2.24, 2.45) is 5.73 Å². The fourth-order valence-electron chi connectivity index (χ4n) is 2.58. The molecule has 110 valence electrons. The maximum absolute atomic E-state index is 12.2. The van der Waals surface area contributed by atoms with Crippen molar-refractivity contribution in [3.8, 4) is 0 Å². The normalized spacial score (nSPS) is 10.6. The third-order valence-electron chi connectivity index (χ3n) is 3.53. The van der Waals surface area contributed by atoms with Gasteiger partial charge in [-0.2, -0.15) is 0 Å². The van der Waals surface area contributed by atoms with Crippen molar-refractivity contribution in [1.29, 1.82) is 0 Å². The van der Waals surface area contributed by atoms with Crippen molar-refractivity contribution in [2.45, 2.75) is 33.1 Å². The molecule has 2 rings (SSSR count). The summed E-state index contributed by atoms with van der Waals surface area (Å²) in [5.41, 5.74) is 9.19. The van der Waals surface area contributed by atoms with Crippen LogP contribution in [0.5, 0.6) is 0 Å². The van der Waals surface area contributed by atoms with Crippen molar-refractivity contribution in [3.63, 3.8) is 0 Å². The zero-order chi connectivity index (χ0) is 15.4. The van der Waals surface area contributed by atoms with Gasteiger partial charge in [-0.25, -0.2) is 0 Å². The smallest absolute Gasteiger partial charge is 0.251 e. The number of H-pyrrole nitrogens is 1. The quantitative estimate of drug-likeness (QED) is 0.884. The molecule has 0 fully saturated rings. The molecule has 0 bridgehead atoms. The minimum atomic E-state index is -0.466. The molecule has 0 unspecified atom stereocenters. The summed E-state index contributed by atoms with van der Waals surface area (Å²) < 4.78 is 0. The number of aryl methyl sites for hydroxylation is 2. The minimum Gasteiger partial charge on any atom is -0.366 e. The van der Waals surface area contributed by atoms with Crippen LogP contribution in [0.1, 0.15) is 46.1 Å². The highest BCUT2D eigenvalue weighted by molar-refractivity contribution is 5.94. The third-order valence-corrected chi connectivity index (χ3v) is 3.53. The predicted molar refractivity (Wildman–Crippen MR) is 83.6 cm³/mol. The van der Waals surface area contributed by atoms with Gasteiger partial charge in [-0.3, -0.25) is 9.59 Å². The summed E-state index contributed by atoms with van der Waals surface area (Å²) in [7, 11) is 0. The van der Waals surface area contributed by atoms with E-state index in [0.717, 1.165) is 35.2 Å². The molecule has 0 spiro atoms. The molecular formula is C17H20N2O2. The SMILES string of the molecule is CCCc1cc(C)[nH]c(=O)c1Cc1ccccc1C(N)=O. The van der Waals surface area contributed by atoms with E-state index in [1.807, 2.05) is 25.1 Å². The van der Waals surface area contributed by atoms with Crippen LogP contribution in [0.2, 0.25) is 0 Å². The van der Waals surface area contributed by atoms with Crippen LogP contribution < -0.4 is 11.3 Å². The summed E-state index contributed by atoms with van der Waals surface area (Å²) in [5.74, 6) is -0.466. The Morgan fingerprint density at radius 1 is 1.24 bits per heavy atom. The van der Waals surface area contributed by atoms with Gasteiger partial charge in [0.25, 0.3) is 5.56 Å². The lowest BCUT2D eigenvalue weighted by Crippen LogP contribution is -2.19. The molecule has 4 nitrogen and oxygen atoms in total. The van der Waals surface area contributed by atoms with Crippen LogP contribution in [-0.4, -0.2) is 10.9 Å². The number of rotatable bonds is 5. The predicted octanol–water partition coefficient (Wildman–Crippen LogP) is 2.33. The average molecular weight is 284 g/mol. The molecule has 4 heteroatoms. The molecule has 0 aliphatic rings. The van der Waals surface area contributed by atoms with Gasteiger partial charge in [0.05, 0.1) is 0 Å². The van der Waals surface area contributed by atoms with E-state index in [0.29, 0.717) is 12.0 Å². The largest absolute Gasteiger partial charge is 0.366 e. The molecule has 3 N–H and O–H groups in total. The lowest BCUT2D eigenvalue weighted by Gasteiger charge is -2.11. The standard InChI is InChI=1S/C17H20N2O2/c1-3-6-12-9-11(2)19-17(21)15(12)10-13-7-4-5-8-14(13)16(18)20/h4-5,7-9H,3,6,10H2,1-2H3,(H2,18,20)(H,19,21). The number of benzene rings is 1. The molecule has 0 atom stereocenters. The van der Waals surface area contributed by atoms with Gasteiger partial charge in [0.1, 0.15) is 0 Å². The number of carbonyl (C=O) groups is 1. The molecule has 0 radical (unpaired) electrons. The molecule has 0 aliphatic heterocycles. The molecule has 1 amide bonds. The zero-order valence-corrected chi connectivity index (χ0v) is 12.4. The monoisotopic (exact) mass is 284 g/mol. The lowest BCUT2D eigenvalue weighted by atomic mass is 9.95. The summed E-state index contributed by atoms with van der Waals surface area (Å²) >= 11 is 0. The van der Waals surface area contributed by atoms with Gasteiger partial charge in [0, 0.05) is 23.2 Å². The summed E-state index contributed by atoms with van der Waals surface area (Å²) in [4.78, 5) is 26.6. The van der Waals surface area contributed by atoms with Crippen LogP contribution in [0.15, 0.2) is 35.1 Å². The second kappa shape index (κ2) is 6.39. The second-order valence-corrected chi connectivity index (χ2v) is 5.23. The first-order valence-corrected chi connectivity index (χ1v) is 7.12. The number of aromatic nitrogens is 1. The van der Waals surface area contributed by atoms with E-state index in [1.165, 1.54) is 0 Å². The first-order chi connectivity index (χ1) is 10.0. The van der Waals surface area contributed by atoms with Crippen molar-refractivity contribution in [1.82, 2.24) is 4.98 Å². The Hall–Kier alpha value is -2.36. The van der Waals surface area contributed by atoms with Crippen molar-refractivity contribution < 1.29 is 4.79 Å². The fraction of sp³-hybridized carbons (Fsp3) is 0.294. The van der Waals surface area contributed by atoms with Gasteiger partial charge in [-0.15, -0.1) is 0 Å². The van der Waals surface area contributed by atoms with Crippen LogP contribution in [-0.2, 0) is 12.8 Å². The van der Waals surface area contributed by atoms with E-state index in [2.05, 4.69) is 11.9 Å². The van der Waals surface area contributed by atoms with Crippen LogP contribution in [0.4, 0.5) is 0 Å².